The van der Waals surface area contributed by atoms with Crippen LogP contribution in [-0.4, -0.2) is 46.0 Å². The van der Waals surface area contributed by atoms with Gasteiger partial charge in [0.25, 0.3) is 5.92 Å². The molecule has 0 bridgehead atoms. The summed E-state index contributed by atoms with van der Waals surface area (Å²) in [6.07, 6.45) is 3.54. The van der Waals surface area contributed by atoms with E-state index in [4.69, 9.17) is 5.73 Å². The summed E-state index contributed by atoms with van der Waals surface area (Å²) in [6, 6.07) is 19.0. The highest BCUT2D eigenvalue weighted by atomic mass is 19.3. The number of amides is 2. The Kier molecular flexibility index (Phi) is 7.59. The molecular formula is C31H34F2N4O3. The number of hydrogen-bond donors (Lipinski definition) is 3. The van der Waals surface area contributed by atoms with Gasteiger partial charge in [-0.15, -0.1) is 0 Å². The molecule has 0 atom stereocenters. The lowest BCUT2D eigenvalue weighted by atomic mass is 9.69. The van der Waals surface area contributed by atoms with Crippen LogP contribution >= 0.6 is 0 Å². The molecule has 4 N–H and O–H groups in total. The van der Waals surface area contributed by atoms with Crippen LogP contribution in [0.2, 0.25) is 0 Å². The van der Waals surface area contributed by atoms with Crippen molar-refractivity contribution in [3.05, 3.63) is 72.4 Å². The number of carbonyl (C=O) groups is 2. The summed E-state index contributed by atoms with van der Waals surface area (Å²) >= 11 is 0. The maximum atomic E-state index is 13.5. The number of rotatable bonds is 7. The van der Waals surface area contributed by atoms with E-state index in [0.29, 0.717) is 17.8 Å². The van der Waals surface area contributed by atoms with Gasteiger partial charge in [0.05, 0.1) is 5.54 Å². The number of nitrogens with one attached hydrogen (secondary N) is 1. The van der Waals surface area contributed by atoms with Crippen molar-refractivity contribution in [2.45, 2.75) is 62.4 Å². The molecule has 0 spiro atoms. The van der Waals surface area contributed by atoms with E-state index in [0.717, 1.165) is 47.9 Å². The number of halogens is 2. The third kappa shape index (κ3) is 5.99. The lowest BCUT2D eigenvalue weighted by Gasteiger charge is -2.44. The molecule has 0 radical (unpaired) electrons. The van der Waals surface area contributed by atoms with Crippen LogP contribution in [-0.2, 0) is 10.3 Å². The largest absolute Gasteiger partial charge is 0.465 e. The summed E-state index contributed by atoms with van der Waals surface area (Å²) < 4.78 is 27.0. The first-order valence-electron chi connectivity index (χ1n) is 13.6. The molecule has 7 nitrogen and oxygen atoms in total. The molecular weight excluding hydrogens is 514 g/mol. The minimum Gasteiger partial charge on any atom is -0.465 e. The molecule has 3 aromatic rings. The quantitative estimate of drug-likeness (QED) is 0.313. The van der Waals surface area contributed by atoms with Crippen LogP contribution in [0, 0.1) is 5.92 Å². The Hall–Kier alpha value is -3.85. The van der Waals surface area contributed by atoms with Gasteiger partial charge in [0.1, 0.15) is 5.82 Å². The molecule has 1 heterocycles. The molecule has 2 aromatic carbocycles. The van der Waals surface area contributed by atoms with Gasteiger partial charge in [-0.3, -0.25) is 4.79 Å². The van der Waals surface area contributed by atoms with Crippen LogP contribution in [0.1, 0.15) is 50.5 Å². The Labute approximate surface area is 232 Å². The van der Waals surface area contributed by atoms with Crippen molar-refractivity contribution in [3.63, 3.8) is 0 Å². The number of aromatic nitrogens is 1. The van der Waals surface area contributed by atoms with Crippen molar-refractivity contribution < 1.29 is 23.5 Å². The first kappa shape index (κ1) is 27.7. The highest BCUT2D eigenvalue weighted by Gasteiger charge is 2.55. The molecule has 9 heteroatoms. The lowest BCUT2D eigenvalue weighted by Crippen LogP contribution is -2.55. The third-order valence-electron chi connectivity index (χ3n) is 8.32. The van der Waals surface area contributed by atoms with Crippen molar-refractivity contribution in [1.29, 1.82) is 0 Å². The molecule has 0 unspecified atom stereocenters. The van der Waals surface area contributed by atoms with Gasteiger partial charge in [-0.1, -0.05) is 54.6 Å². The lowest BCUT2D eigenvalue weighted by molar-refractivity contribution is -0.125. The molecule has 40 heavy (non-hydrogen) atoms. The third-order valence-corrected chi connectivity index (χ3v) is 8.32. The minimum absolute atomic E-state index is 0.00133. The van der Waals surface area contributed by atoms with Gasteiger partial charge in [0, 0.05) is 44.1 Å². The second-order valence-corrected chi connectivity index (χ2v) is 11.2. The Bertz CT molecular complexity index is 1370. The zero-order valence-electron chi connectivity index (χ0n) is 22.4. The maximum absolute atomic E-state index is 13.5. The monoisotopic (exact) mass is 548 g/mol. The van der Waals surface area contributed by atoms with E-state index in [-0.39, 0.29) is 30.7 Å². The van der Waals surface area contributed by atoms with Crippen molar-refractivity contribution >= 4 is 17.8 Å². The van der Waals surface area contributed by atoms with E-state index in [1.165, 1.54) is 4.90 Å². The van der Waals surface area contributed by atoms with Crippen molar-refractivity contribution in [2.75, 3.05) is 12.4 Å². The summed E-state index contributed by atoms with van der Waals surface area (Å²) in [5.74, 6) is -2.19. The number of benzene rings is 2. The fourth-order valence-electron chi connectivity index (χ4n) is 6.02. The average Bonchev–Trinajstić information content (AvgIpc) is 2.92. The van der Waals surface area contributed by atoms with Gasteiger partial charge >= 0.3 is 6.09 Å². The van der Waals surface area contributed by atoms with E-state index in [1.807, 2.05) is 48.5 Å². The molecule has 210 valence electrons. The first-order valence-corrected chi connectivity index (χ1v) is 13.6. The number of nitrogens with zero attached hydrogens (tertiary/aromatic N) is 2. The maximum Gasteiger partial charge on any atom is 0.407 e. The van der Waals surface area contributed by atoms with Crippen molar-refractivity contribution in [1.82, 2.24) is 9.88 Å². The topological polar surface area (TPSA) is 109 Å². The number of nitrogens with two attached hydrogens (primary N) is 1. The Balaban J connectivity index is 1.30. The number of pyridine rings is 1. The molecule has 2 fully saturated rings. The molecule has 2 saturated carbocycles. The fraction of sp³-hybridized carbons (Fsp3) is 0.387. The van der Waals surface area contributed by atoms with Crippen LogP contribution in [0.5, 0.6) is 0 Å². The zero-order valence-corrected chi connectivity index (χ0v) is 22.4. The minimum atomic E-state index is -2.71. The second kappa shape index (κ2) is 11.0. The number of alkyl halides is 2. The van der Waals surface area contributed by atoms with Crippen LogP contribution < -0.4 is 11.1 Å². The number of anilines is 1. The van der Waals surface area contributed by atoms with Gasteiger partial charge in [-0.25, -0.2) is 18.6 Å². The summed E-state index contributed by atoms with van der Waals surface area (Å²) in [5.41, 5.74) is 9.44. The molecule has 2 aliphatic rings. The fourth-order valence-corrected chi connectivity index (χ4v) is 6.02. The molecule has 5 rings (SSSR count). The van der Waals surface area contributed by atoms with E-state index >= 15 is 0 Å². The van der Waals surface area contributed by atoms with Crippen LogP contribution in [0.25, 0.3) is 22.3 Å². The Morgan fingerprint density at radius 1 is 1.00 bits per heavy atom. The molecule has 0 saturated heterocycles. The van der Waals surface area contributed by atoms with Crippen molar-refractivity contribution in [3.8, 4) is 22.3 Å². The van der Waals surface area contributed by atoms with Gasteiger partial charge in [-0.05, 0) is 59.9 Å². The molecule has 2 aliphatic carbocycles. The van der Waals surface area contributed by atoms with E-state index in [1.54, 1.807) is 25.4 Å². The normalized spacial score (nSPS) is 21.2. The highest BCUT2D eigenvalue weighted by molar-refractivity contribution is 5.92. The summed E-state index contributed by atoms with van der Waals surface area (Å²) in [6.45, 7) is 0. The highest BCUT2D eigenvalue weighted by Crippen LogP contribution is 2.50. The number of hydrogen-bond acceptors (Lipinski definition) is 4. The van der Waals surface area contributed by atoms with E-state index in [2.05, 4.69) is 10.3 Å². The van der Waals surface area contributed by atoms with Crippen molar-refractivity contribution in [2.24, 2.45) is 11.7 Å². The average molecular weight is 549 g/mol. The Morgan fingerprint density at radius 3 is 2.23 bits per heavy atom. The van der Waals surface area contributed by atoms with Gasteiger partial charge in [0.2, 0.25) is 5.91 Å². The second-order valence-electron chi connectivity index (χ2n) is 11.2. The number of carbonyl (C=O) groups excluding carboxylic acids is 1. The predicted molar refractivity (Wildman–Crippen MR) is 150 cm³/mol. The summed E-state index contributed by atoms with van der Waals surface area (Å²) in [5, 5.41) is 12.1. The molecule has 2 amide bonds. The molecule has 1 aromatic heterocycles. The van der Waals surface area contributed by atoms with Crippen LogP contribution in [0.15, 0.2) is 66.9 Å². The van der Waals surface area contributed by atoms with Crippen LogP contribution in [0.3, 0.4) is 0 Å². The Morgan fingerprint density at radius 2 is 1.62 bits per heavy atom. The van der Waals surface area contributed by atoms with E-state index in [9.17, 15) is 23.5 Å². The molecule has 0 aliphatic heterocycles. The smallest absolute Gasteiger partial charge is 0.407 e. The summed E-state index contributed by atoms with van der Waals surface area (Å²) in [4.78, 5) is 30.0. The first-order chi connectivity index (χ1) is 19.0. The van der Waals surface area contributed by atoms with Gasteiger partial charge < -0.3 is 21.1 Å². The van der Waals surface area contributed by atoms with E-state index < -0.39 is 17.6 Å². The predicted octanol–water partition coefficient (Wildman–Crippen LogP) is 6.50. The standard InChI is InChI=1S/C31H34F2N4O3/c1-37(29(39)40)24-13-7-20(8-14-24)15-28(38)36-27-16-25(21-5-3-2-4-6-21)26(17-35-27)22-9-11-23(12-10-22)30(34)18-31(32,33)19-30/h2-6,9-12,16-17,20,24H,7-8,13-15,18-19,34H2,1H3,(H,39,40)(H,35,36,38)/t20-,24-. The number of carboxylic acid groups (broad SMARTS) is 1. The zero-order chi connectivity index (χ0) is 28.5. The van der Waals surface area contributed by atoms with Crippen LogP contribution in [0.4, 0.5) is 19.4 Å². The summed E-state index contributed by atoms with van der Waals surface area (Å²) in [7, 11) is 1.60. The van der Waals surface area contributed by atoms with Gasteiger partial charge in [0.15, 0.2) is 0 Å². The SMILES string of the molecule is CN(C(=O)O)[C@H]1CC[C@H](CC(=O)Nc2cc(-c3ccccc3)c(-c3ccc(C4(N)CC(F)(F)C4)cc3)cn2)CC1. The van der Waals surface area contributed by atoms with Gasteiger partial charge in [-0.2, -0.15) is 0 Å².